The van der Waals surface area contributed by atoms with Crippen molar-refractivity contribution in [2.75, 3.05) is 33.8 Å². The minimum absolute atomic E-state index is 0.230. The first-order valence-corrected chi connectivity index (χ1v) is 10.4. The zero-order chi connectivity index (χ0) is 20.5. The first-order valence-electron chi connectivity index (χ1n) is 9.28. The molecule has 28 heavy (non-hydrogen) atoms. The fourth-order valence-electron chi connectivity index (χ4n) is 2.63. The van der Waals surface area contributed by atoms with E-state index in [0.29, 0.717) is 28.7 Å². The molecule has 0 heterocycles. The Morgan fingerprint density at radius 1 is 1.11 bits per heavy atom. The summed E-state index contributed by atoms with van der Waals surface area (Å²) in [6, 6.07) is 8.16. The van der Waals surface area contributed by atoms with Crippen molar-refractivity contribution in [1.29, 1.82) is 0 Å². The summed E-state index contributed by atoms with van der Waals surface area (Å²) in [4.78, 5) is 2.17. The molecular weight excluding hydrogens is 447 g/mol. The van der Waals surface area contributed by atoms with E-state index >= 15 is 0 Å². The molecule has 154 valence electrons. The highest BCUT2D eigenvalue weighted by Crippen LogP contribution is 2.35. The first-order chi connectivity index (χ1) is 13.4. The molecule has 0 saturated carbocycles. The van der Waals surface area contributed by atoms with E-state index in [0.717, 1.165) is 36.1 Å². The predicted molar refractivity (Wildman–Crippen MR) is 116 cm³/mol. The standard InChI is InChI=1S/C21H27BrClFN2O2/c1-4-27-20-10-16(13-25-8-5-9-26(2)3)18(22)12-21(20)28-14-15-6-7-17(24)11-19(15)23/h6-7,10-12,25H,4-5,8-9,13-14H2,1-3H3. The summed E-state index contributed by atoms with van der Waals surface area (Å²) in [7, 11) is 4.14. The van der Waals surface area contributed by atoms with Crippen molar-refractivity contribution in [1.82, 2.24) is 10.2 Å². The summed E-state index contributed by atoms with van der Waals surface area (Å²) in [6.45, 7) is 5.42. The summed E-state index contributed by atoms with van der Waals surface area (Å²) in [5.41, 5.74) is 1.81. The first kappa shape index (κ1) is 22.9. The molecule has 4 nitrogen and oxygen atoms in total. The van der Waals surface area contributed by atoms with E-state index in [1.165, 1.54) is 12.1 Å². The molecule has 0 amide bonds. The van der Waals surface area contributed by atoms with E-state index in [2.05, 4.69) is 40.2 Å². The molecular formula is C21H27BrClFN2O2. The lowest BCUT2D eigenvalue weighted by molar-refractivity contribution is 0.268. The van der Waals surface area contributed by atoms with E-state index in [9.17, 15) is 4.39 Å². The SMILES string of the molecule is CCOc1cc(CNCCCN(C)C)c(Br)cc1OCc1ccc(F)cc1Cl. The minimum Gasteiger partial charge on any atom is -0.490 e. The van der Waals surface area contributed by atoms with Crippen LogP contribution in [-0.4, -0.2) is 38.7 Å². The molecule has 0 aromatic heterocycles. The molecule has 0 unspecified atom stereocenters. The number of halogens is 3. The number of nitrogens with zero attached hydrogens (tertiary/aromatic N) is 1. The molecule has 0 bridgehead atoms. The van der Waals surface area contributed by atoms with Crippen LogP contribution in [0, 0.1) is 5.82 Å². The van der Waals surface area contributed by atoms with E-state index in [-0.39, 0.29) is 12.4 Å². The Morgan fingerprint density at radius 2 is 1.86 bits per heavy atom. The molecule has 7 heteroatoms. The van der Waals surface area contributed by atoms with Crippen molar-refractivity contribution in [3.63, 3.8) is 0 Å². The van der Waals surface area contributed by atoms with Gasteiger partial charge < -0.3 is 19.7 Å². The van der Waals surface area contributed by atoms with Gasteiger partial charge in [0.15, 0.2) is 11.5 Å². The molecule has 2 rings (SSSR count). The van der Waals surface area contributed by atoms with Crippen LogP contribution in [0.1, 0.15) is 24.5 Å². The fourth-order valence-corrected chi connectivity index (χ4v) is 3.32. The van der Waals surface area contributed by atoms with Crippen LogP contribution < -0.4 is 14.8 Å². The number of hydrogen-bond donors (Lipinski definition) is 1. The number of nitrogens with one attached hydrogen (secondary N) is 1. The van der Waals surface area contributed by atoms with Gasteiger partial charge in [0.05, 0.1) is 11.6 Å². The molecule has 0 saturated heterocycles. The van der Waals surface area contributed by atoms with Crippen LogP contribution in [0.25, 0.3) is 0 Å². The lowest BCUT2D eigenvalue weighted by Crippen LogP contribution is -2.21. The quantitative estimate of drug-likeness (QED) is 0.451. The van der Waals surface area contributed by atoms with Crippen LogP contribution in [0.2, 0.25) is 5.02 Å². The number of benzene rings is 2. The van der Waals surface area contributed by atoms with Gasteiger partial charge in [-0.1, -0.05) is 33.6 Å². The zero-order valence-corrected chi connectivity index (χ0v) is 18.9. The van der Waals surface area contributed by atoms with Crippen molar-refractivity contribution in [3.05, 3.63) is 56.8 Å². The van der Waals surface area contributed by atoms with Gasteiger partial charge in [0.1, 0.15) is 12.4 Å². The van der Waals surface area contributed by atoms with Gasteiger partial charge in [-0.15, -0.1) is 0 Å². The highest BCUT2D eigenvalue weighted by molar-refractivity contribution is 9.10. The second-order valence-electron chi connectivity index (χ2n) is 6.68. The second-order valence-corrected chi connectivity index (χ2v) is 7.94. The third kappa shape index (κ3) is 7.24. The van der Waals surface area contributed by atoms with Crippen LogP contribution in [0.4, 0.5) is 4.39 Å². The van der Waals surface area contributed by atoms with Crippen LogP contribution in [0.3, 0.4) is 0 Å². The Morgan fingerprint density at radius 3 is 2.54 bits per heavy atom. The van der Waals surface area contributed by atoms with Crippen molar-refractivity contribution >= 4 is 27.5 Å². The van der Waals surface area contributed by atoms with Gasteiger partial charge in [-0.05, 0) is 70.4 Å². The van der Waals surface area contributed by atoms with Gasteiger partial charge in [-0.3, -0.25) is 0 Å². The Hall–Kier alpha value is -1.34. The maximum Gasteiger partial charge on any atom is 0.162 e. The van der Waals surface area contributed by atoms with Gasteiger partial charge in [-0.25, -0.2) is 4.39 Å². The van der Waals surface area contributed by atoms with Gasteiger partial charge in [0.2, 0.25) is 0 Å². The van der Waals surface area contributed by atoms with E-state index < -0.39 is 0 Å². The molecule has 0 fully saturated rings. The van der Waals surface area contributed by atoms with Gasteiger partial charge in [0, 0.05) is 16.6 Å². The number of rotatable bonds is 11. The molecule has 0 aliphatic rings. The third-order valence-electron chi connectivity index (χ3n) is 4.09. The lowest BCUT2D eigenvalue weighted by atomic mass is 10.2. The van der Waals surface area contributed by atoms with E-state index in [1.54, 1.807) is 6.07 Å². The van der Waals surface area contributed by atoms with Crippen molar-refractivity contribution in [3.8, 4) is 11.5 Å². The van der Waals surface area contributed by atoms with Crippen LogP contribution >= 0.6 is 27.5 Å². The fraction of sp³-hybridized carbons (Fsp3) is 0.429. The summed E-state index contributed by atoms with van der Waals surface area (Å²) < 4.78 is 25.8. The molecule has 0 aliphatic carbocycles. The molecule has 0 radical (unpaired) electrons. The van der Waals surface area contributed by atoms with Crippen molar-refractivity contribution < 1.29 is 13.9 Å². The average molecular weight is 474 g/mol. The van der Waals surface area contributed by atoms with Gasteiger partial charge in [0.25, 0.3) is 0 Å². The van der Waals surface area contributed by atoms with Gasteiger partial charge in [-0.2, -0.15) is 0 Å². The van der Waals surface area contributed by atoms with Crippen LogP contribution in [0.5, 0.6) is 11.5 Å². The summed E-state index contributed by atoms with van der Waals surface area (Å²) >= 11 is 9.70. The number of hydrogen-bond acceptors (Lipinski definition) is 4. The van der Waals surface area contributed by atoms with Crippen LogP contribution in [0.15, 0.2) is 34.8 Å². The molecule has 2 aromatic rings. The molecule has 0 aliphatic heterocycles. The summed E-state index contributed by atoms with van der Waals surface area (Å²) in [5, 5.41) is 3.79. The topological polar surface area (TPSA) is 33.7 Å². The second kappa shape index (κ2) is 11.6. The maximum atomic E-state index is 13.2. The lowest BCUT2D eigenvalue weighted by Gasteiger charge is -2.16. The zero-order valence-electron chi connectivity index (χ0n) is 16.5. The Balaban J connectivity index is 2.04. The van der Waals surface area contributed by atoms with Crippen molar-refractivity contribution in [2.45, 2.75) is 26.5 Å². The summed E-state index contributed by atoms with van der Waals surface area (Å²) in [5.74, 6) is 0.924. The highest BCUT2D eigenvalue weighted by Gasteiger charge is 2.12. The Labute approximate surface area is 180 Å². The molecule has 2 aromatic carbocycles. The monoisotopic (exact) mass is 472 g/mol. The minimum atomic E-state index is -0.367. The smallest absolute Gasteiger partial charge is 0.162 e. The predicted octanol–water partition coefficient (Wildman–Crippen LogP) is 5.26. The molecule has 0 spiro atoms. The largest absolute Gasteiger partial charge is 0.490 e. The Kier molecular flexibility index (Phi) is 9.51. The molecule has 0 atom stereocenters. The van der Waals surface area contributed by atoms with Crippen molar-refractivity contribution in [2.24, 2.45) is 0 Å². The molecule has 1 N–H and O–H groups in total. The Bertz CT molecular complexity index is 774. The van der Waals surface area contributed by atoms with E-state index in [1.807, 2.05) is 19.1 Å². The summed E-state index contributed by atoms with van der Waals surface area (Å²) in [6.07, 6.45) is 1.09. The van der Waals surface area contributed by atoms with E-state index in [4.69, 9.17) is 21.1 Å². The highest BCUT2D eigenvalue weighted by atomic mass is 79.9. The normalized spacial score (nSPS) is 11.1. The van der Waals surface area contributed by atoms with Gasteiger partial charge >= 0.3 is 0 Å². The average Bonchev–Trinajstić information content (AvgIpc) is 2.63. The maximum absolute atomic E-state index is 13.2. The van der Waals surface area contributed by atoms with Crippen LogP contribution in [-0.2, 0) is 13.2 Å². The third-order valence-corrected chi connectivity index (χ3v) is 5.18. The number of ether oxygens (including phenoxy) is 2.